The summed E-state index contributed by atoms with van der Waals surface area (Å²) in [6.07, 6.45) is 6.97. The molecule has 0 aliphatic heterocycles. The number of pyridine rings is 1. The molecule has 2 amide bonds. The maximum absolute atomic E-state index is 11.9. The van der Waals surface area contributed by atoms with Crippen LogP contribution in [-0.2, 0) is 11.3 Å². The second kappa shape index (κ2) is 8.29. The second-order valence-corrected chi connectivity index (χ2v) is 6.13. The van der Waals surface area contributed by atoms with Gasteiger partial charge in [0.1, 0.15) is 0 Å². The predicted molar refractivity (Wildman–Crippen MR) is 98.6 cm³/mol. The Bertz CT molecular complexity index is 794. The summed E-state index contributed by atoms with van der Waals surface area (Å²) in [6.45, 7) is 0.389. The Morgan fingerprint density at radius 3 is 2.58 bits per heavy atom. The van der Waals surface area contributed by atoms with Crippen LogP contribution < -0.4 is 15.4 Å². The molecule has 1 fully saturated rings. The lowest BCUT2D eigenvalue weighted by Gasteiger charge is -2.04. The number of rotatable bonds is 7. The minimum absolute atomic E-state index is 0.0473. The molecule has 2 aromatic rings. The summed E-state index contributed by atoms with van der Waals surface area (Å²) < 4.78 is 4.99. The number of benzene rings is 1. The molecule has 1 aromatic carbocycles. The van der Waals surface area contributed by atoms with Gasteiger partial charge in [-0.1, -0.05) is 18.2 Å². The smallest absolute Gasteiger partial charge is 0.251 e. The first kappa shape index (κ1) is 17.7. The minimum atomic E-state index is -0.198. The molecule has 1 heterocycles. The summed E-state index contributed by atoms with van der Waals surface area (Å²) in [7, 11) is 1.56. The summed E-state index contributed by atoms with van der Waals surface area (Å²) in [5.41, 5.74) is 2.37. The fraction of sp³-hybridized carbons (Fsp3) is 0.250. The molecule has 6 heteroatoms. The van der Waals surface area contributed by atoms with Crippen LogP contribution in [-0.4, -0.2) is 29.9 Å². The van der Waals surface area contributed by atoms with E-state index < -0.39 is 0 Å². The van der Waals surface area contributed by atoms with Crippen LogP contribution in [0.25, 0.3) is 6.08 Å². The van der Waals surface area contributed by atoms with E-state index in [1.165, 1.54) is 6.08 Å². The van der Waals surface area contributed by atoms with E-state index in [0.717, 1.165) is 24.0 Å². The number of amides is 2. The lowest BCUT2D eigenvalue weighted by atomic mass is 10.1. The van der Waals surface area contributed by atoms with Gasteiger partial charge in [-0.2, -0.15) is 0 Å². The Morgan fingerprint density at radius 1 is 1.19 bits per heavy atom. The van der Waals surface area contributed by atoms with Gasteiger partial charge in [0, 0.05) is 36.5 Å². The number of hydrogen-bond donors (Lipinski definition) is 2. The van der Waals surface area contributed by atoms with Crippen molar-refractivity contribution in [2.75, 3.05) is 7.11 Å². The number of carbonyl (C=O) groups is 2. The third kappa shape index (κ3) is 5.17. The lowest BCUT2D eigenvalue weighted by Crippen LogP contribution is -2.25. The number of nitrogens with zero attached hydrogens (tertiary/aromatic N) is 1. The molecule has 26 heavy (non-hydrogen) atoms. The van der Waals surface area contributed by atoms with Gasteiger partial charge >= 0.3 is 0 Å². The van der Waals surface area contributed by atoms with Crippen LogP contribution in [0.4, 0.5) is 0 Å². The number of nitrogens with one attached hydrogen (secondary N) is 2. The summed E-state index contributed by atoms with van der Waals surface area (Å²) in [4.78, 5) is 27.9. The standard InChI is InChI=1S/C20H21N3O3/c1-26-19-11-5-15(13-22-19)12-21-18(24)10-4-14-2-6-16(7-3-14)20(25)23-17-8-9-17/h2-7,10-11,13,17H,8-9,12H2,1H3,(H,21,24)(H,23,25)/b10-4+. The molecule has 1 saturated carbocycles. The van der Waals surface area contributed by atoms with Crippen LogP contribution in [0.3, 0.4) is 0 Å². The summed E-state index contributed by atoms with van der Waals surface area (Å²) in [6, 6.07) is 11.1. The molecule has 6 nitrogen and oxygen atoms in total. The van der Waals surface area contributed by atoms with E-state index >= 15 is 0 Å². The second-order valence-electron chi connectivity index (χ2n) is 6.13. The van der Waals surface area contributed by atoms with Gasteiger partial charge in [0.2, 0.25) is 11.8 Å². The molecule has 134 valence electrons. The SMILES string of the molecule is COc1ccc(CNC(=O)/C=C/c2ccc(C(=O)NC3CC3)cc2)cn1. The molecule has 0 spiro atoms. The van der Waals surface area contributed by atoms with Gasteiger partial charge in [0.25, 0.3) is 5.91 Å². The number of carbonyl (C=O) groups excluding carboxylic acids is 2. The van der Waals surface area contributed by atoms with Crippen LogP contribution in [0.2, 0.25) is 0 Å². The Kier molecular flexibility index (Phi) is 5.63. The predicted octanol–water partition coefficient (Wildman–Crippen LogP) is 2.31. The number of aromatic nitrogens is 1. The Morgan fingerprint density at radius 2 is 1.96 bits per heavy atom. The quantitative estimate of drug-likeness (QED) is 0.750. The number of ether oxygens (including phenoxy) is 1. The normalized spacial score (nSPS) is 13.4. The van der Waals surface area contributed by atoms with Crippen LogP contribution in [0.15, 0.2) is 48.7 Å². The fourth-order valence-corrected chi connectivity index (χ4v) is 2.30. The van der Waals surface area contributed by atoms with Gasteiger partial charge in [-0.25, -0.2) is 4.98 Å². The van der Waals surface area contributed by atoms with Crippen LogP contribution in [0, 0.1) is 0 Å². The zero-order valence-corrected chi connectivity index (χ0v) is 14.6. The molecule has 2 N–H and O–H groups in total. The molecule has 0 radical (unpaired) electrons. The van der Waals surface area contributed by atoms with Crippen LogP contribution >= 0.6 is 0 Å². The molecule has 0 unspecified atom stereocenters. The van der Waals surface area contributed by atoms with Gasteiger partial charge < -0.3 is 15.4 Å². The van der Waals surface area contributed by atoms with E-state index in [0.29, 0.717) is 24.0 Å². The van der Waals surface area contributed by atoms with Gasteiger partial charge in [-0.15, -0.1) is 0 Å². The minimum Gasteiger partial charge on any atom is -0.481 e. The Balaban J connectivity index is 1.48. The van der Waals surface area contributed by atoms with E-state index in [2.05, 4.69) is 15.6 Å². The molecular weight excluding hydrogens is 330 g/mol. The van der Waals surface area contributed by atoms with Crippen molar-refractivity contribution in [3.63, 3.8) is 0 Å². The summed E-state index contributed by atoms with van der Waals surface area (Å²) >= 11 is 0. The van der Waals surface area contributed by atoms with Crippen molar-refractivity contribution < 1.29 is 14.3 Å². The average Bonchev–Trinajstić information content (AvgIpc) is 3.49. The maximum atomic E-state index is 11.9. The molecule has 1 aromatic heterocycles. The zero-order valence-electron chi connectivity index (χ0n) is 14.6. The van der Waals surface area contributed by atoms with Crippen molar-refractivity contribution in [2.45, 2.75) is 25.4 Å². The molecule has 0 atom stereocenters. The Hall–Kier alpha value is -3.15. The Labute approximate surface area is 152 Å². The first-order valence-corrected chi connectivity index (χ1v) is 8.50. The van der Waals surface area contributed by atoms with Gasteiger partial charge in [-0.05, 0) is 42.2 Å². The third-order valence-electron chi connectivity index (χ3n) is 3.99. The number of hydrogen-bond acceptors (Lipinski definition) is 4. The highest BCUT2D eigenvalue weighted by Crippen LogP contribution is 2.19. The van der Waals surface area contributed by atoms with Crippen molar-refractivity contribution in [3.8, 4) is 5.88 Å². The van der Waals surface area contributed by atoms with Gasteiger partial charge in [0.05, 0.1) is 7.11 Å². The first-order chi connectivity index (χ1) is 12.6. The first-order valence-electron chi connectivity index (χ1n) is 8.50. The molecule has 0 saturated heterocycles. The fourth-order valence-electron chi connectivity index (χ4n) is 2.30. The molecule has 1 aliphatic carbocycles. The van der Waals surface area contributed by atoms with Gasteiger partial charge in [0.15, 0.2) is 0 Å². The van der Waals surface area contributed by atoms with Crippen LogP contribution in [0.5, 0.6) is 5.88 Å². The topological polar surface area (TPSA) is 80.3 Å². The highest BCUT2D eigenvalue weighted by atomic mass is 16.5. The summed E-state index contributed by atoms with van der Waals surface area (Å²) in [5.74, 6) is 0.291. The summed E-state index contributed by atoms with van der Waals surface area (Å²) in [5, 5.41) is 5.74. The van der Waals surface area contributed by atoms with E-state index in [9.17, 15) is 9.59 Å². The van der Waals surface area contributed by atoms with Crippen molar-refractivity contribution in [2.24, 2.45) is 0 Å². The zero-order chi connectivity index (χ0) is 18.4. The van der Waals surface area contributed by atoms with E-state index in [4.69, 9.17) is 4.74 Å². The number of methoxy groups -OCH3 is 1. The average molecular weight is 351 g/mol. The van der Waals surface area contributed by atoms with E-state index in [-0.39, 0.29) is 11.8 Å². The highest BCUT2D eigenvalue weighted by Gasteiger charge is 2.23. The van der Waals surface area contributed by atoms with Gasteiger partial charge in [-0.3, -0.25) is 9.59 Å². The van der Waals surface area contributed by atoms with Crippen molar-refractivity contribution in [1.82, 2.24) is 15.6 Å². The largest absolute Gasteiger partial charge is 0.481 e. The highest BCUT2D eigenvalue weighted by molar-refractivity contribution is 5.95. The molecular formula is C20H21N3O3. The van der Waals surface area contributed by atoms with Crippen molar-refractivity contribution >= 4 is 17.9 Å². The van der Waals surface area contributed by atoms with E-state index in [1.54, 1.807) is 37.6 Å². The van der Waals surface area contributed by atoms with Crippen molar-refractivity contribution in [1.29, 1.82) is 0 Å². The molecule has 1 aliphatic rings. The monoisotopic (exact) mass is 351 g/mol. The van der Waals surface area contributed by atoms with E-state index in [1.807, 2.05) is 18.2 Å². The lowest BCUT2D eigenvalue weighted by molar-refractivity contribution is -0.116. The van der Waals surface area contributed by atoms with Crippen molar-refractivity contribution in [3.05, 3.63) is 65.4 Å². The maximum Gasteiger partial charge on any atom is 0.251 e. The third-order valence-corrected chi connectivity index (χ3v) is 3.99. The molecule has 0 bridgehead atoms. The van der Waals surface area contributed by atoms with Crippen LogP contribution in [0.1, 0.15) is 34.3 Å². The molecule has 3 rings (SSSR count).